The molecule has 0 aliphatic carbocycles. The van der Waals surface area contributed by atoms with E-state index in [0.717, 1.165) is 19.5 Å². The lowest BCUT2D eigenvalue weighted by molar-refractivity contribution is 0.737. The van der Waals surface area contributed by atoms with Gasteiger partial charge in [0.15, 0.2) is 0 Å². The summed E-state index contributed by atoms with van der Waals surface area (Å²) in [6.45, 7) is 4.19. The minimum Gasteiger partial charge on any atom is -0.313 e. The van der Waals surface area contributed by atoms with Gasteiger partial charge < -0.3 is 5.32 Å². The van der Waals surface area contributed by atoms with Crippen molar-refractivity contribution in [2.45, 2.75) is 23.1 Å². The fourth-order valence-electron chi connectivity index (χ4n) is 2.42. The highest BCUT2D eigenvalue weighted by atomic mass is 32.2. The van der Waals surface area contributed by atoms with Crippen LogP contribution in [0.5, 0.6) is 0 Å². The minimum absolute atomic E-state index is 0.985. The van der Waals surface area contributed by atoms with Crippen molar-refractivity contribution < 1.29 is 0 Å². The second-order valence-corrected chi connectivity index (χ2v) is 6.21. The Morgan fingerprint density at radius 3 is 2.55 bits per heavy atom. The maximum atomic E-state index is 3.38. The highest BCUT2D eigenvalue weighted by molar-refractivity contribution is 7.99. The van der Waals surface area contributed by atoms with Crippen LogP contribution in [0.2, 0.25) is 0 Å². The first kappa shape index (κ1) is 13.5. The molecule has 0 saturated heterocycles. The van der Waals surface area contributed by atoms with Gasteiger partial charge in [-0.15, -0.1) is 0 Å². The quantitative estimate of drug-likeness (QED) is 0.887. The lowest BCUT2D eigenvalue weighted by Crippen LogP contribution is -2.20. The van der Waals surface area contributed by atoms with Crippen LogP contribution in [0.4, 0.5) is 0 Å². The van der Waals surface area contributed by atoms with E-state index in [1.807, 2.05) is 11.8 Å². The van der Waals surface area contributed by atoms with Gasteiger partial charge in [-0.2, -0.15) is 0 Å². The molecule has 0 bridgehead atoms. The van der Waals surface area contributed by atoms with Gasteiger partial charge in [-0.25, -0.2) is 0 Å². The Hall–Kier alpha value is -1.51. The topological polar surface area (TPSA) is 12.0 Å². The van der Waals surface area contributed by atoms with Crippen LogP contribution in [0.3, 0.4) is 0 Å². The Balaban J connectivity index is 1.89. The van der Waals surface area contributed by atoms with Crippen molar-refractivity contribution in [3.05, 3.63) is 65.7 Å². The van der Waals surface area contributed by atoms with E-state index in [1.165, 1.54) is 26.5 Å². The predicted octanol–water partition coefficient (Wildman–Crippen LogP) is 4.52. The molecule has 2 heteroatoms. The Kier molecular flexibility index (Phi) is 4.24. The third kappa shape index (κ3) is 3.14. The number of hydrogen-bond acceptors (Lipinski definition) is 2. The summed E-state index contributed by atoms with van der Waals surface area (Å²) in [5.74, 6) is 0. The second-order valence-electron chi connectivity index (χ2n) is 5.09. The van der Waals surface area contributed by atoms with Gasteiger partial charge in [0, 0.05) is 16.3 Å². The van der Waals surface area contributed by atoms with E-state index in [4.69, 9.17) is 0 Å². The van der Waals surface area contributed by atoms with E-state index >= 15 is 0 Å². The first-order chi connectivity index (χ1) is 9.83. The summed E-state index contributed by atoms with van der Waals surface area (Å²) in [4.78, 5) is 2.65. The summed E-state index contributed by atoms with van der Waals surface area (Å²) < 4.78 is 0. The summed E-state index contributed by atoms with van der Waals surface area (Å²) in [6.07, 6.45) is 3.43. The van der Waals surface area contributed by atoms with Crippen molar-refractivity contribution >= 4 is 17.3 Å². The smallest absolute Gasteiger partial charge is 0.0197 e. The van der Waals surface area contributed by atoms with Gasteiger partial charge in [0.25, 0.3) is 0 Å². The molecule has 0 aromatic heterocycles. The van der Waals surface area contributed by atoms with Gasteiger partial charge in [-0.3, -0.25) is 0 Å². The van der Waals surface area contributed by atoms with E-state index < -0.39 is 0 Å². The predicted molar refractivity (Wildman–Crippen MR) is 87.2 cm³/mol. The van der Waals surface area contributed by atoms with Crippen LogP contribution < -0.4 is 5.32 Å². The molecule has 0 fully saturated rings. The Labute approximate surface area is 125 Å². The SMILES string of the molecule is Cc1ccc(Sc2ccccc2C2=CCNCC2)cc1. The number of hydrogen-bond donors (Lipinski definition) is 1. The van der Waals surface area contributed by atoms with Crippen molar-refractivity contribution in [2.75, 3.05) is 13.1 Å². The van der Waals surface area contributed by atoms with Crippen LogP contribution in [0.25, 0.3) is 5.57 Å². The summed E-state index contributed by atoms with van der Waals surface area (Å²) in [5, 5.41) is 3.38. The molecular formula is C18H19NS. The maximum absolute atomic E-state index is 3.38. The molecule has 1 nitrogen and oxygen atoms in total. The van der Waals surface area contributed by atoms with Crippen molar-refractivity contribution in [3.63, 3.8) is 0 Å². The molecular weight excluding hydrogens is 262 g/mol. The van der Waals surface area contributed by atoms with E-state index in [2.05, 4.69) is 66.8 Å². The molecule has 0 amide bonds. The van der Waals surface area contributed by atoms with Crippen LogP contribution in [-0.4, -0.2) is 13.1 Å². The number of benzene rings is 2. The van der Waals surface area contributed by atoms with E-state index in [-0.39, 0.29) is 0 Å². The molecule has 0 saturated carbocycles. The lowest BCUT2D eigenvalue weighted by atomic mass is 10.0. The maximum Gasteiger partial charge on any atom is 0.0197 e. The Morgan fingerprint density at radius 1 is 1.00 bits per heavy atom. The number of rotatable bonds is 3. The zero-order valence-electron chi connectivity index (χ0n) is 11.7. The molecule has 0 atom stereocenters. The van der Waals surface area contributed by atoms with Crippen molar-refractivity contribution in [2.24, 2.45) is 0 Å². The second kappa shape index (κ2) is 6.29. The van der Waals surface area contributed by atoms with E-state index in [0.29, 0.717) is 0 Å². The van der Waals surface area contributed by atoms with Crippen LogP contribution in [-0.2, 0) is 0 Å². The third-order valence-corrected chi connectivity index (χ3v) is 4.63. The summed E-state index contributed by atoms with van der Waals surface area (Å²) in [5.41, 5.74) is 4.17. The zero-order chi connectivity index (χ0) is 13.8. The lowest BCUT2D eigenvalue weighted by Gasteiger charge is -2.17. The minimum atomic E-state index is 0.985. The van der Waals surface area contributed by atoms with Crippen LogP contribution >= 0.6 is 11.8 Å². The zero-order valence-corrected chi connectivity index (χ0v) is 12.5. The molecule has 20 heavy (non-hydrogen) atoms. The van der Waals surface area contributed by atoms with Crippen LogP contribution in [0, 0.1) is 6.92 Å². The fraction of sp³-hybridized carbons (Fsp3) is 0.222. The molecule has 1 aliphatic heterocycles. The van der Waals surface area contributed by atoms with Gasteiger partial charge in [0.1, 0.15) is 0 Å². The summed E-state index contributed by atoms with van der Waals surface area (Å²) in [6, 6.07) is 17.5. The van der Waals surface area contributed by atoms with Gasteiger partial charge in [0.2, 0.25) is 0 Å². The molecule has 0 unspecified atom stereocenters. The summed E-state index contributed by atoms with van der Waals surface area (Å²) >= 11 is 1.86. The first-order valence-electron chi connectivity index (χ1n) is 7.06. The van der Waals surface area contributed by atoms with Crippen molar-refractivity contribution in [3.8, 4) is 0 Å². The average Bonchev–Trinajstić information content (AvgIpc) is 2.51. The molecule has 2 aromatic rings. The molecule has 1 heterocycles. The Morgan fingerprint density at radius 2 is 1.80 bits per heavy atom. The van der Waals surface area contributed by atoms with Gasteiger partial charge in [-0.1, -0.05) is 53.7 Å². The highest BCUT2D eigenvalue weighted by Crippen LogP contribution is 2.35. The molecule has 102 valence electrons. The molecule has 0 spiro atoms. The monoisotopic (exact) mass is 281 g/mol. The molecule has 2 aromatic carbocycles. The standard InChI is InChI=1S/C18H19NS/c1-14-6-8-16(9-7-14)20-18-5-3-2-4-17(18)15-10-12-19-13-11-15/h2-10,19H,11-13H2,1H3. The van der Waals surface area contributed by atoms with Crippen LogP contribution in [0.1, 0.15) is 17.5 Å². The molecule has 3 rings (SSSR count). The Bertz CT molecular complexity index is 614. The third-order valence-electron chi connectivity index (χ3n) is 3.55. The summed E-state index contributed by atoms with van der Waals surface area (Å²) in [7, 11) is 0. The van der Waals surface area contributed by atoms with Crippen molar-refractivity contribution in [1.29, 1.82) is 0 Å². The molecule has 1 aliphatic rings. The molecule has 0 radical (unpaired) electrons. The van der Waals surface area contributed by atoms with Gasteiger partial charge in [-0.05, 0) is 49.2 Å². The first-order valence-corrected chi connectivity index (χ1v) is 7.88. The normalized spacial score (nSPS) is 14.9. The average molecular weight is 281 g/mol. The van der Waals surface area contributed by atoms with E-state index in [9.17, 15) is 0 Å². The highest BCUT2D eigenvalue weighted by Gasteiger charge is 2.10. The van der Waals surface area contributed by atoms with Crippen molar-refractivity contribution in [1.82, 2.24) is 5.32 Å². The molecule has 1 N–H and O–H groups in total. The van der Waals surface area contributed by atoms with Gasteiger partial charge >= 0.3 is 0 Å². The van der Waals surface area contributed by atoms with Crippen LogP contribution in [0.15, 0.2) is 64.4 Å². The van der Waals surface area contributed by atoms with E-state index in [1.54, 1.807) is 0 Å². The number of aryl methyl sites for hydroxylation is 1. The fourth-order valence-corrected chi connectivity index (χ4v) is 3.40. The number of nitrogens with one attached hydrogen (secondary N) is 1. The largest absolute Gasteiger partial charge is 0.313 e. The van der Waals surface area contributed by atoms with Gasteiger partial charge in [0.05, 0.1) is 0 Å².